The van der Waals surface area contributed by atoms with Crippen molar-refractivity contribution in [3.63, 3.8) is 0 Å². The van der Waals surface area contributed by atoms with E-state index in [1.807, 2.05) is 30.3 Å². The third-order valence-electron chi connectivity index (χ3n) is 3.48. The van der Waals surface area contributed by atoms with Gasteiger partial charge in [0, 0.05) is 6.54 Å². The highest BCUT2D eigenvalue weighted by atomic mass is 16.2. The molecule has 1 heterocycles. The normalized spacial score (nSPS) is 18.4. The highest BCUT2D eigenvalue weighted by Gasteiger charge is 2.33. The number of amidine groups is 1. The minimum Gasteiger partial charge on any atom is -0.385 e. The van der Waals surface area contributed by atoms with E-state index >= 15 is 0 Å². The third-order valence-corrected chi connectivity index (χ3v) is 3.48. The van der Waals surface area contributed by atoms with Crippen LogP contribution in [0, 0.1) is 0 Å². The molecule has 4 nitrogen and oxygen atoms in total. The van der Waals surface area contributed by atoms with Crippen LogP contribution in [0.2, 0.25) is 0 Å². The fourth-order valence-corrected chi connectivity index (χ4v) is 2.56. The van der Waals surface area contributed by atoms with Gasteiger partial charge in [0.05, 0.1) is 0 Å². The summed E-state index contributed by atoms with van der Waals surface area (Å²) in [6.07, 6.45) is 1.68. The van der Waals surface area contributed by atoms with Gasteiger partial charge >= 0.3 is 6.03 Å². The number of hydrogen-bond donors (Lipinski definition) is 1. The van der Waals surface area contributed by atoms with Crippen LogP contribution < -0.4 is 5.73 Å². The lowest BCUT2D eigenvalue weighted by atomic mass is 10.0. The van der Waals surface area contributed by atoms with Crippen LogP contribution in [0.5, 0.6) is 0 Å². The quantitative estimate of drug-likeness (QED) is 0.867. The average molecular weight is 265 g/mol. The summed E-state index contributed by atoms with van der Waals surface area (Å²) in [6, 6.07) is 13.6. The maximum atomic E-state index is 11.8. The second-order valence-corrected chi connectivity index (χ2v) is 4.77. The molecule has 1 unspecified atom stereocenters. The van der Waals surface area contributed by atoms with E-state index in [1.165, 1.54) is 0 Å². The van der Waals surface area contributed by atoms with Gasteiger partial charge in [-0.05, 0) is 22.4 Å². The van der Waals surface area contributed by atoms with Gasteiger partial charge in [-0.2, -0.15) is 4.99 Å². The molecular formula is C16H15N3O. The van der Waals surface area contributed by atoms with E-state index in [2.05, 4.69) is 23.7 Å². The van der Waals surface area contributed by atoms with E-state index in [4.69, 9.17) is 5.73 Å². The number of amides is 2. The molecule has 0 saturated heterocycles. The number of aliphatic imine (C=N–C) groups is 1. The van der Waals surface area contributed by atoms with Crippen molar-refractivity contribution in [2.24, 2.45) is 10.7 Å². The number of hydrogen-bond acceptors (Lipinski definition) is 2. The molecule has 2 amide bonds. The molecule has 100 valence electrons. The fourth-order valence-electron chi connectivity index (χ4n) is 2.56. The molecule has 2 aromatic rings. The average Bonchev–Trinajstić information content (AvgIpc) is 2.73. The first-order chi connectivity index (χ1) is 9.70. The van der Waals surface area contributed by atoms with Crippen LogP contribution in [-0.2, 0) is 0 Å². The Kier molecular flexibility index (Phi) is 2.99. The van der Waals surface area contributed by atoms with Crippen LogP contribution in [0.25, 0.3) is 10.8 Å². The number of carbonyl (C=O) groups excluding carboxylic acids is 1. The first-order valence-corrected chi connectivity index (χ1v) is 6.45. The molecule has 4 heteroatoms. The Morgan fingerprint density at radius 1 is 1.25 bits per heavy atom. The van der Waals surface area contributed by atoms with Crippen LogP contribution in [-0.4, -0.2) is 23.3 Å². The zero-order valence-corrected chi connectivity index (χ0v) is 11.0. The van der Waals surface area contributed by atoms with Gasteiger partial charge in [0.15, 0.2) is 0 Å². The number of nitrogens with two attached hydrogens (primary N) is 1. The molecule has 0 fully saturated rings. The predicted molar refractivity (Wildman–Crippen MR) is 80.6 cm³/mol. The van der Waals surface area contributed by atoms with Crippen molar-refractivity contribution in [1.29, 1.82) is 0 Å². The Morgan fingerprint density at radius 3 is 2.75 bits per heavy atom. The van der Waals surface area contributed by atoms with E-state index < -0.39 is 0 Å². The molecular weight excluding hydrogens is 250 g/mol. The Labute approximate surface area is 117 Å². The molecule has 0 aromatic heterocycles. The number of benzene rings is 2. The molecule has 0 radical (unpaired) electrons. The highest BCUT2D eigenvalue weighted by Crippen LogP contribution is 2.29. The van der Waals surface area contributed by atoms with Crippen LogP contribution in [0.4, 0.5) is 4.79 Å². The Bertz CT molecular complexity index is 720. The summed E-state index contributed by atoms with van der Waals surface area (Å²) in [7, 11) is 0. The monoisotopic (exact) mass is 265 g/mol. The molecule has 1 atom stereocenters. The van der Waals surface area contributed by atoms with E-state index in [1.54, 1.807) is 11.0 Å². The topological polar surface area (TPSA) is 58.7 Å². The van der Waals surface area contributed by atoms with Crippen LogP contribution >= 0.6 is 0 Å². The number of carbonyl (C=O) groups is 1. The summed E-state index contributed by atoms with van der Waals surface area (Å²) < 4.78 is 0. The lowest BCUT2D eigenvalue weighted by Gasteiger charge is -2.23. The maximum Gasteiger partial charge on any atom is 0.346 e. The Morgan fingerprint density at radius 2 is 2.00 bits per heavy atom. The van der Waals surface area contributed by atoms with Crippen LogP contribution in [0.3, 0.4) is 0 Å². The Balaban J connectivity index is 2.06. The summed E-state index contributed by atoms with van der Waals surface area (Å²) in [4.78, 5) is 17.3. The summed E-state index contributed by atoms with van der Waals surface area (Å²) in [5, 5.41) is 2.28. The number of rotatable bonds is 3. The van der Waals surface area contributed by atoms with Crippen molar-refractivity contribution >= 4 is 22.6 Å². The van der Waals surface area contributed by atoms with E-state index in [0.29, 0.717) is 12.4 Å². The second-order valence-electron chi connectivity index (χ2n) is 4.77. The molecule has 20 heavy (non-hydrogen) atoms. The molecule has 0 aliphatic carbocycles. The van der Waals surface area contributed by atoms with Crippen molar-refractivity contribution < 1.29 is 4.79 Å². The minimum atomic E-state index is -0.305. The van der Waals surface area contributed by atoms with Gasteiger partial charge in [0.1, 0.15) is 11.9 Å². The number of nitrogens with zero attached hydrogens (tertiary/aromatic N) is 2. The molecule has 2 N–H and O–H groups in total. The highest BCUT2D eigenvalue weighted by molar-refractivity contribution is 6.03. The van der Waals surface area contributed by atoms with Gasteiger partial charge in [-0.25, -0.2) is 4.79 Å². The van der Waals surface area contributed by atoms with Crippen molar-refractivity contribution in [3.05, 3.63) is 60.7 Å². The number of urea groups is 1. The van der Waals surface area contributed by atoms with Crippen molar-refractivity contribution in [2.45, 2.75) is 6.04 Å². The molecule has 0 spiro atoms. The first kappa shape index (κ1) is 12.4. The first-order valence-electron chi connectivity index (χ1n) is 6.45. The van der Waals surface area contributed by atoms with Gasteiger partial charge in [0.2, 0.25) is 0 Å². The number of fused-ring (bicyclic) bond motifs is 1. The molecule has 3 rings (SSSR count). The van der Waals surface area contributed by atoms with E-state index in [0.717, 1.165) is 16.3 Å². The van der Waals surface area contributed by atoms with Crippen LogP contribution in [0.15, 0.2) is 60.1 Å². The summed E-state index contributed by atoms with van der Waals surface area (Å²) in [5.74, 6) is 0.340. The molecule has 0 bridgehead atoms. The van der Waals surface area contributed by atoms with Gasteiger partial charge in [-0.15, -0.1) is 6.58 Å². The molecule has 1 aliphatic heterocycles. The van der Waals surface area contributed by atoms with Crippen LogP contribution in [0.1, 0.15) is 11.6 Å². The van der Waals surface area contributed by atoms with Gasteiger partial charge in [-0.3, -0.25) is 0 Å². The standard InChI is InChI=1S/C16H15N3O/c1-2-9-19-14(15(17)18-16(19)20)13-8-7-11-5-3-4-6-12(11)10-13/h2-8,10,14H,1,9H2,(H2,17,18,20). The van der Waals surface area contributed by atoms with Crippen molar-refractivity contribution in [1.82, 2.24) is 4.90 Å². The molecule has 1 aliphatic rings. The van der Waals surface area contributed by atoms with Crippen molar-refractivity contribution in [3.8, 4) is 0 Å². The lowest BCUT2D eigenvalue weighted by molar-refractivity contribution is 0.213. The summed E-state index contributed by atoms with van der Waals surface area (Å²) >= 11 is 0. The largest absolute Gasteiger partial charge is 0.385 e. The zero-order chi connectivity index (χ0) is 14.1. The van der Waals surface area contributed by atoms with E-state index in [9.17, 15) is 4.79 Å². The zero-order valence-electron chi connectivity index (χ0n) is 11.0. The summed E-state index contributed by atoms with van der Waals surface area (Å²) in [6.45, 7) is 4.11. The van der Waals surface area contributed by atoms with Gasteiger partial charge < -0.3 is 10.6 Å². The van der Waals surface area contributed by atoms with E-state index in [-0.39, 0.29) is 12.1 Å². The van der Waals surface area contributed by atoms with Crippen molar-refractivity contribution in [2.75, 3.05) is 6.54 Å². The summed E-state index contributed by atoms with van der Waals surface area (Å²) in [5.41, 5.74) is 6.89. The molecule has 2 aromatic carbocycles. The smallest absolute Gasteiger partial charge is 0.346 e. The van der Waals surface area contributed by atoms with Gasteiger partial charge in [0.25, 0.3) is 0 Å². The third kappa shape index (κ3) is 1.95. The SMILES string of the molecule is C=CCN1C(=O)N=C(N)C1c1ccc2ccccc2c1. The van der Waals surface area contributed by atoms with Gasteiger partial charge in [-0.1, -0.05) is 42.5 Å². The maximum absolute atomic E-state index is 11.8. The molecule has 0 saturated carbocycles. The fraction of sp³-hybridized carbons (Fsp3) is 0.125. The second kappa shape index (κ2) is 4.81. The lowest BCUT2D eigenvalue weighted by Crippen LogP contribution is -2.33. The predicted octanol–water partition coefficient (Wildman–Crippen LogP) is 2.86. The minimum absolute atomic E-state index is 0.301. The Hall–Kier alpha value is -2.62.